The van der Waals surface area contributed by atoms with Crippen LogP contribution in [0.2, 0.25) is 10.0 Å². The molecular formula is C13H13Cl2NO3. The average Bonchev–Trinajstić information content (AvgIpc) is 3.08. The first-order chi connectivity index (χ1) is 8.99. The molecule has 0 heterocycles. The predicted octanol–water partition coefficient (Wildman–Crippen LogP) is 3.13. The highest BCUT2D eigenvalue weighted by Crippen LogP contribution is 2.38. The SMILES string of the molecule is CC1CC1C(=O)OCC(=O)Nc1c(Cl)cccc1Cl. The summed E-state index contributed by atoms with van der Waals surface area (Å²) in [6.07, 6.45) is 0.830. The van der Waals surface area contributed by atoms with Crippen molar-refractivity contribution in [3.05, 3.63) is 28.2 Å². The van der Waals surface area contributed by atoms with Crippen LogP contribution in [0.4, 0.5) is 5.69 Å². The van der Waals surface area contributed by atoms with Crippen LogP contribution >= 0.6 is 23.2 Å². The zero-order valence-corrected chi connectivity index (χ0v) is 11.8. The summed E-state index contributed by atoms with van der Waals surface area (Å²) in [4.78, 5) is 23.1. The second-order valence-electron chi connectivity index (χ2n) is 4.57. The van der Waals surface area contributed by atoms with E-state index in [0.717, 1.165) is 6.42 Å². The van der Waals surface area contributed by atoms with Crippen molar-refractivity contribution in [3.8, 4) is 0 Å². The van der Waals surface area contributed by atoms with Crippen LogP contribution in [0.15, 0.2) is 18.2 Å². The summed E-state index contributed by atoms with van der Waals surface area (Å²) in [5.41, 5.74) is 0.326. The molecule has 0 aliphatic heterocycles. The van der Waals surface area contributed by atoms with Gasteiger partial charge in [-0.15, -0.1) is 0 Å². The Morgan fingerprint density at radius 1 is 1.37 bits per heavy atom. The third-order valence-corrected chi connectivity index (χ3v) is 3.61. The Hall–Kier alpha value is -1.26. The highest BCUT2D eigenvalue weighted by atomic mass is 35.5. The molecule has 1 aromatic carbocycles. The summed E-state index contributed by atoms with van der Waals surface area (Å²) < 4.78 is 4.91. The van der Waals surface area contributed by atoms with Gasteiger partial charge in [0.2, 0.25) is 0 Å². The Kier molecular flexibility index (Phi) is 4.32. The number of nitrogens with one attached hydrogen (secondary N) is 1. The molecule has 1 aliphatic rings. The molecule has 1 N–H and O–H groups in total. The number of carbonyl (C=O) groups is 2. The summed E-state index contributed by atoms with van der Waals surface area (Å²) >= 11 is 11.8. The molecule has 2 atom stereocenters. The van der Waals surface area contributed by atoms with Gasteiger partial charge in [0.15, 0.2) is 6.61 Å². The number of halogens is 2. The Labute approximate surface area is 121 Å². The first-order valence-electron chi connectivity index (χ1n) is 5.89. The van der Waals surface area contributed by atoms with Crippen LogP contribution in [0.5, 0.6) is 0 Å². The number of para-hydroxylation sites is 1. The lowest BCUT2D eigenvalue weighted by atomic mass is 10.3. The van der Waals surface area contributed by atoms with E-state index in [9.17, 15) is 9.59 Å². The highest BCUT2D eigenvalue weighted by molar-refractivity contribution is 6.39. The Bertz CT molecular complexity index is 498. The molecule has 4 nitrogen and oxygen atoms in total. The topological polar surface area (TPSA) is 55.4 Å². The van der Waals surface area contributed by atoms with Crippen molar-refractivity contribution < 1.29 is 14.3 Å². The monoisotopic (exact) mass is 301 g/mol. The Balaban J connectivity index is 1.86. The molecule has 6 heteroatoms. The van der Waals surface area contributed by atoms with E-state index in [4.69, 9.17) is 27.9 Å². The van der Waals surface area contributed by atoms with Gasteiger partial charge in [-0.25, -0.2) is 0 Å². The molecular weight excluding hydrogens is 289 g/mol. The smallest absolute Gasteiger partial charge is 0.309 e. The van der Waals surface area contributed by atoms with E-state index in [1.54, 1.807) is 18.2 Å². The molecule has 1 saturated carbocycles. The maximum absolute atomic E-state index is 11.6. The minimum absolute atomic E-state index is 0.0586. The minimum Gasteiger partial charge on any atom is -0.455 e. The van der Waals surface area contributed by atoms with Gasteiger partial charge in [0.1, 0.15) is 0 Å². The minimum atomic E-state index is -0.461. The molecule has 0 bridgehead atoms. The van der Waals surface area contributed by atoms with Gasteiger partial charge in [0.05, 0.1) is 21.7 Å². The Morgan fingerprint density at radius 3 is 2.47 bits per heavy atom. The van der Waals surface area contributed by atoms with Crippen molar-refractivity contribution in [3.63, 3.8) is 0 Å². The molecule has 0 radical (unpaired) electrons. The molecule has 0 saturated heterocycles. The first kappa shape index (κ1) is 14.2. The van der Waals surface area contributed by atoms with E-state index >= 15 is 0 Å². The van der Waals surface area contributed by atoms with Crippen LogP contribution in [-0.2, 0) is 14.3 Å². The van der Waals surface area contributed by atoms with Crippen LogP contribution in [-0.4, -0.2) is 18.5 Å². The molecule has 2 unspecified atom stereocenters. The van der Waals surface area contributed by atoms with Gasteiger partial charge in [-0.2, -0.15) is 0 Å². The Morgan fingerprint density at radius 2 is 1.95 bits per heavy atom. The van der Waals surface area contributed by atoms with Gasteiger partial charge >= 0.3 is 5.97 Å². The largest absolute Gasteiger partial charge is 0.455 e. The van der Waals surface area contributed by atoms with E-state index in [1.807, 2.05) is 6.92 Å². The van der Waals surface area contributed by atoms with Crippen molar-refractivity contribution in [2.75, 3.05) is 11.9 Å². The molecule has 1 aromatic rings. The van der Waals surface area contributed by atoms with Gasteiger partial charge in [-0.1, -0.05) is 36.2 Å². The van der Waals surface area contributed by atoms with Crippen molar-refractivity contribution in [2.45, 2.75) is 13.3 Å². The van der Waals surface area contributed by atoms with E-state index < -0.39 is 5.91 Å². The lowest BCUT2D eigenvalue weighted by Gasteiger charge is -2.09. The lowest BCUT2D eigenvalue weighted by Crippen LogP contribution is -2.22. The van der Waals surface area contributed by atoms with Crippen LogP contribution in [0.25, 0.3) is 0 Å². The van der Waals surface area contributed by atoms with Crippen molar-refractivity contribution >= 4 is 40.8 Å². The summed E-state index contributed by atoms with van der Waals surface area (Å²) in [6, 6.07) is 4.90. The van der Waals surface area contributed by atoms with Crippen molar-refractivity contribution in [1.29, 1.82) is 0 Å². The van der Waals surface area contributed by atoms with Crippen LogP contribution < -0.4 is 5.32 Å². The van der Waals surface area contributed by atoms with Crippen molar-refractivity contribution in [1.82, 2.24) is 0 Å². The zero-order valence-electron chi connectivity index (χ0n) is 10.3. The zero-order chi connectivity index (χ0) is 14.0. The van der Waals surface area contributed by atoms with E-state index in [-0.39, 0.29) is 18.5 Å². The third kappa shape index (κ3) is 3.61. The number of esters is 1. The number of hydrogen-bond acceptors (Lipinski definition) is 3. The first-order valence-corrected chi connectivity index (χ1v) is 6.65. The fraction of sp³-hybridized carbons (Fsp3) is 0.385. The molecule has 2 rings (SSSR count). The number of rotatable bonds is 4. The normalized spacial score (nSPS) is 20.8. The number of hydrogen-bond donors (Lipinski definition) is 1. The summed E-state index contributed by atoms with van der Waals surface area (Å²) in [6.45, 7) is 1.64. The van der Waals surface area contributed by atoms with Gasteiger partial charge in [-0.05, 0) is 24.5 Å². The molecule has 0 aromatic heterocycles. The number of benzene rings is 1. The fourth-order valence-electron chi connectivity index (χ4n) is 1.69. The van der Waals surface area contributed by atoms with Crippen LogP contribution in [0.1, 0.15) is 13.3 Å². The van der Waals surface area contributed by atoms with Crippen molar-refractivity contribution in [2.24, 2.45) is 11.8 Å². The van der Waals surface area contributed by atoms with E-state index in [1.165, 1.54) is 0 Å². The second-order valence-corrected chi connectivity index (χ2v) is 5.39. The van der Waals surface area contributed by atoms with Gasteiger partial charge < -0.3 is 10.1 Å². The molecule has 102 valence electrons. The van der Waals surface area contributed by atoms with Gasteiger partial charge in [0.25, 0.3) is 5.91 Å². The van der Waals surface area contributed by atoms with Crippen LogP contribution in [0, 0.1) is 11.8 Å². The standard InChI is InChI=1S/C13H13Cl2NO3/c1-7-5-8(7)13(18)19-6-11(17)16-12-9(14)3-2-4-10(12)15/h2-4,7-8H,5-6H2,1H3,(H,16,17). The maximum Gasteiger partial charge on any atom is 0.309 e. The second kappa shape index (κ2) is 5.80. The fourth-order valence-corrected chi connectivity index (χ4v) is 2.18. The average molecular weight is 302 g/mol. The van der Waals surface area contributed by atoms with Gasteiger partial charge in [0, 0.05) is 0 Å². The summed E-state index contributed by atoms with van der Waals surface area (Å²) in [7, 11) is 0. The molecule has 19 heavy (non-hydrogen) atoms. The molecule has 1 fully saturated rings. The summed E-state index contributed by atoms with van der Waals surface area (Å²) in [5.74, 6) is -0.491. The summed E-state index contributed by atoms with van der Waals surface area (Å²) in [5, 5.41) is 3.20. The lowest BCUT2D eigenvalue weighted by molar-refractivity contribution is -0.148. The molecule has 0 spiro atoms. The van der Waals surface area contributed by atoms with Gasteiger partial charge in [-0.3, -0.25) is 9.59 Å². The molecule has 1 amide bonds. The van der Waals surface area contributed by atoms with E-state index in [2.05, 4.69) is 5.32 Å². The predicted molar refractivity (Wildman–Crippen MR) is 73.3 cm³/mol. The number of anilines is 1. The number of amides is 1. The quantitative estimate of drug-likeness (QED) is 0.869. The number of carbonyl (C=O) groups excluding carboxylic acids is 2. The highest BCUT2D eigenvalue weighted by Gasteiger charge is 2.40. The number of ether oxygens (including phenoxy) is 1. The van der Waals surface area contributed by atoms with E-state index in [0.29, 0.717) is 21.7 Å². The van der Waals surface area contributed by atoms with Crippen LogP contribution in [0.3, 0.4) is 0 Å². The molecule has 1 aliphatic carbocycles. The third-order valence-electron chi connectivity index (χ3n) is 2.98. The maximum atomic E-state index is 11.6.